The predicted octanol–water partition coefficient (Wildman–Crippen LogP) is 4.26. The molecule has 1 N–H and O–H groups in total. The van der Waals surface area contributed by atoms with Crippen molar-refractivity contribution in [3.05, 3.63) is 39.6 Å². The largest absolute Gasteiger partial charge is 0.390 e. The molecular weight excluding hydrogens is 385 g/mol. The molecule has 0 radical (unpaired) electrons. The number of halogens is 2. The first-order valence-corrected chi connectivity index (χ1v) is 10.0. The minimum absolute atomic E-state index is 0.168. The van der Waals surface area contributed by atoms with Crippen molar-refractivity contribution in [3.8, 4) is 11.3 Å². The van der Waals surface area contributed by atoms with Crippen LogP contribution in [-0.2, 0) is 11.3 Å². The Bertz CT molecular complexity index is 843. The number of aromatic nitrogens is 2. The maximum absolute atomic E-state index is 9.93. The molecule has 27 heavy (non-hydrogen) atoms. The monoisotopic (exact) mass is 407 g/mol. The Labute approximate surface area is 169 Å². The van der Waals surface area contributed by atoms with Crippen molar-refractivity contribution in [3.63, 3.8) is 0 Å². The van der Waals surface area contributed by atoms with Gasteiger partial charge in [-0.15, -0.1) is 0 Å². The molecule has 0 unspecified atom stereocenters. The van der Waals surface area contributed by atoms with Gasteiger partial charge < -0.3 is 14.7 Å². The van der Waals surface area contributed by atoms with Crippen molar-refractivity contribution in [1.82, 2.24) is 9.97 Å². The van der Waals surface area contributed by atoms with E-state index < -0.39 is 0 Å². The number of anilines is 1. The number of hydrogen-bond donors (Lipinski definition) is 1. The zero-order valence-electron chi connectivity index (χ0n) is 15.3. The third-order valence-corrected chi connectivity index (χ3v) is 6.61. The Kier molecular flexibility index (Phi) is 5.30. The van der Waals surface area contributed by atoms with E-state index in [2.05, 4.69) is 4.90 Å². The van der Waals surface area contributed by atoms with Gasteiger partial charge in [-0.05, 0) is 37.7 Å². The van der Waals surface area contributed by atoms with Gasteiger partial charge in [-0.3, -0.25) is 0 Å². The number of hydrogen-bond acceptors (Lipinski definition) is 5. The van der Waals surface area contributed by atoms with Gasteiger partial charge in [-0.25, -0.2) is 9.97 Å². The molecule has 0 aliphatic carbocycles. The Hall–Kier alpha value is -1.40. The molecule has 2 fully saturated rings. The Morgan fingerprint density at radius 1 is 1.19 bits per heavy atom. The van der Waals surface area contributed by atoms with E-state index in [0.717, 1.165) is 62.6 Å². The number of nitrogens with zero attached hydrogens (tertiary/aromatic N) is 3. The maximum Gasteiger partial charge on any atom is 0.153 e. The lowest BCUT2D eigenvalue weighted by molar-refractivity contribution is 0.133. The molecule has 1 aromatic carbocycles. The average Bonchev–Trinajstić information content (AvgIpc) is 3.13. The van der Waals surface area contributed by atoms with Gasteiger partial charge in [-0.1, -0.05) is 35.3 Å². The Balaban J connectivity index is 1.65. The molecule has 3 heterocycles. The van der Waals surface area contributed by atoms with Crippen molar-refractivity contribution < 1.29 is 9.84 Å². The predicted molar refractivity (Wildman–Crippen MR) is 107 cm³/mol. The second kappa shape index (κ2) is 7.55. The molecule has 0 bridgehead atoms. The van der Waals surface area contributed by atoms with Crippen LogP contribution in [0.5, 0.6) is 0 Å². The molecule has 2 aliphatic rings. The molecule has 7 heteroatoms. The summed E-state index contributed by atoms with van der Waals surface area (Å²) in [7, 11) is 0. The molecular formula is C20H23Cl2N3O2. The van der Waals surface area contributed by atoms with Gasteiger partial charge in [-0.2, -0.15) is 0 Å². The van der Waals surface area contributed by atoms with Crippen LogP contribution in [-0.4, -0.2) is 41.4 Å². The van der Waals surface area contributed by atoms with Crippen LogP contribution < -0.4 is 4.90 Å². The van der Waals surface area contributed by atoms with Crippen molar-refractivity contribution in [2.24, 2.45) is 5.41 Å². The standard InChI is InChI=1S/C20H23Cl2N3O2/c1-13-18(14-3-2-4-15(21)17(14)22)24-16(11-26)19(23-13)25-8-5-20(6-9-25)7-10-27-12-20/h2-4,26H,5-12H2,1H3. The summed E-state index contributed by atoms with van der Waals surface area (Å²) in [6, 6.07) is 5.45. The number of aryl methyl sites for hydroxylation is 1. The normalized spacial score (nSPS) is 19.0. The fourth-order valence-corrected chi connectivity index (χ4v) is 4.47. The van der Waals surface area contributed by atoms with Crippen LogP contribution in [0, 0.1) is 12.3 Å². The van der Waals surface area contributed by atoms with Gasteiger partial charge in [0.05, 0.1) is 34.6 Å². The van der Waals surface area contributed by atoms with Crippen LogP contribution in [0.1, 0.15) is 30.7 Å². The molecule has 2 aromatic rings. The zero-order valence-corrected chi connectivity index (χ0v) is 16.9. The SMILES string of the molecule is Cc1nc(N2CCC3(CCOC3)CC2)c(CO)nc1-c1cccc(Cl)c1Cl. The van der Waals surface area contributed by atoms with E-state index in [1.165, 1.54) is 0 Å². The molecule has 1 spiro atoms. The third-order valence-electron chi connectivity index (χ3n) is 5.79. The lowest BCUT2D eigenvalue weighted by Gasteiger charge is -2.39. The van der Waals surface area contributed by atoms with Gasteiger partial charge in [0.2, 0.25) is 0 Å². The maximum atomic E-state index is 9.93. The number of aliphatic hydroxyl groups is 1. The summed E-state index contributed by atoms with van der Waals surface area (Å²) < 4.78 is 5.62. The molecule has 144 valence electrons. The van der Waals surface area contributed by atoms with Gasteiger partial charge in [0.15, 0.2) is 5.82 Å². The lowest BCUT2D eigenvalue weighted by atomic mass is 9.78. The molecule has 2 saturated heterocycles. The first kappa shape index (κ1) is 18.9. The van der Waals surface area contributed by atoms with E-state index >= 15 is 0 Å². The second-order valence-electron chi connectivity index (χ2n) is 7.48. The Morgan fingerprint density at radius 2 is 1.96 bits per heavy atom. The van der Waals surface area contributed by atoms with E-state index in [4.69, 9.17) is 37.9 Å². The summed E-state index contributed by atoms with van der Waals surface area (Å²) in [5.41, 5.74) is 3.07. The van der Waals surface area contributed by atoms with E-state index in [-0.39, 0.29) is 6.61 Å². The van der Waals surface area contributed by atoms with E-state index in [0.29, 0.717) is 26.8 Å². The molecule has 2 aliphatic heterocycles. The molecule has 0 amide bonds. The van der Waals surface area contributed by atoms with Crippen molar-refractivity contribution in [1.29, 1.82) is 0 Å². The molecule has 1 aromatic heterocycles. The van der Waals surface area contributed by atoms with Gasteiger partial charge in [0, 0.05) is 25.3 Å². The topological polar surface area (TPSA) is 58.5 Å². The molecule has 4 rings (SSSR count). The van der Waals surface area contributed by atoms with Gasteiger partial charge in [0.1, 0.15) is 5.69 Å². The highest BCUT2D eigenvalue weighted by Crippen LogP contribution is 2.41. The summed E-state index contributed by atoms with van der Waals surface area (Å²) in [5.74, 6) is 0.769. The van der Waals surface area contributed by atoms with Crippen LogP contribution >= 0.6 is 23.2 Å². The number of aliphatic hydroxyl groups excluding tert-OH is 1. The number of benzene rings is 1. The van der Waals surface area contributed by atoms with Crippen LogP contribution in [0.25, 0.3) is 11.3 Å². The van der Waals surface area contributed by atoms with Crippen LogP contribution in [0.4, 0.5) is 5.82 Å². The summed E-state index contributed by atoms with van der Waals surface area (Å²) >= 11 is 12.5. The lowest BCUT2D eigenvalue weighted by Crippen LogP contribution is -2.41. The quantitative estimate of drug-likeness (QED) is 0.823. The number of ether oxygens (including phenoxy) is 1. The van der Waals surface area contributed by atoms with Crippen molar-refractivity contribution in [2.75, 3.05) is 31.2 Å². The summed E-state index contributed by atoms with van der Waals surface area (Å²) in [6.45, 7) is 5.29. The van der Waals surface area contributed by atoms with Crippen molar-refractivity contribution in [2.45, 2.75) is 32.8 Å². The minimum atomic E-state index is -0.168. The first-order valence-electron chi connectivity index (χ1n) is 9.28. The highest BCUT2D eigenvalue weighted by Gasteiger charge is 2.38. The highest BCUT2D eigenvalue weighted by atomic mass is 35.5. The van der Waals surface area contributed by atoms with Gasteiger partial charge >= 0.3 is 0 Å². The zero-order chi connectivity index (χ0) is 19.0. The summed E-state index contributed by atoms with van der Waals surface area (Å²) in [4.78, 5) is 11.7. The molecule has 5 nitrogen and oxygen atoms in total. The van der Waals surface area contributed by atoms with Crippen LogP contribution in [0.15, 0.2) is 18.2 Å². The van der Waals surface area contributed by atoms with Crippen LogP contribution in [0.3, 0.4) is 0 Å². The van der Waals surface area contributed by atoms with E-state index in [1.54, 1.807) is 6.07 Å². The second-order valence-corrected chi connectivity index (χ2v) is 8.26. The number of piperidine rings is 1. The van der Waals surface area contributed by atoms with Gasteiger partial charge in [0.25, 0.3) is 0 Å². The fraction of sp³-hybridized carbons (Fsp3) is 0.500. The molecule has 0 atom stereocenters. The molecule has 0 saturated carbocycles. The smallest absolute Gasteiger partial charge is 0.153 e. The first-order chi connectivity index (χ1) is 13.0. The third kappa shape index (κ3) is 3.54. The summed E-state index contributed by atoms with van der Waals surface area (Å²) in [6.07, 6.45) is 3.31. The van der Waals surface area contributed by atoms with E-state index in [1.807, 2.05) is 19.1 Å². The minimum Gasteiger partial charge on any atom is -0.390 e. The Morgan fingerprint density at radius 3 is 2.63 bits per heavy atom. The highest BCUT2D eigenvalue weighted by molar-refractivity contribution is 6.43. The summed E-state index contributed by atoms with van der Waals surface area (Å²) in [5, 5.41) is 10.9. The average molecular weight is 408 g/mol. The number of rotatable bonds is 3. The van der Waals surface area contributed by atoms with Crippen molar-refractivity contribution >= 4 is 29.0 Å². The fourth-order valence-electron chi connectivity index (χ4n) is 4.08. The van der Waals surface area contributed by atoms with Crippen LogP contribution in [0.2, 0.25) is 10.0 Å². The van der Waals surface area contributed by atoms with E-state index in [9.17, 15) is 5.11 Å².